The van der Waals surface area contributed by atoms with E-state index < -0.39 is 29.7 Å². The maximum Gasteiger partial charge on any atom is 0.243 e. The molecule has 0 radical (unpaired) electrons. The highest BCUT2D eigenvalue weighted by atomic mass is 32.2. The Balaban J connectivity index is 1.59. The average Bonchev–Trinajstić information content (AvgIpc) is 2.88. The highest BCUT2D eigenvalue weighted by Gasteiger charge is 2.34. The largest absolute Gasteiger partial charge is 0.299 e. The van der Waals surface area contributed by atoms with Crippen molar-refractivity contribution in [1.29, 1.82) is 0 Å². The summed E-state index contributed by atoms with van der Waals surface area (Å²) in [7, 11) is -11.0. The molecule has 0 atom stereocenters. The Bertz CT molecular complexity index is 1600. The van der Waals surface area contributed by atoms with E-state index in [4.69, 9.17) is 0 Å². The van der Waals surface area contributed by atoms with E-state index in [1.807, 2.05) is 6.07 Å². The number of hydrogen-bond donors (Lipinski definition) is 0. The van der Waals surface area contributed by atoms with Gasteiger partial charge in [0.25, 0.3) is 0 Å². The fourth-order valence-corrected chi connectivity index (χ4v) is 8.08. The number of benzene rings is 2. The predicted octanol–water partition coefficient (Wildman–Crippen LogP) is 2.74. The zero-order valence-electron chi connectivity index (χ0n) is 21.3. The van der Waals surface area contributed by atoms with Gasteiger partial charge in [-0.25, -0.2) is 25.3 Å². The van der Waals surface area contributed by atoms with Crippen molar-refractivity contribution < 1.29 is 25.3 Å². The van der Waals surface area contributed by atoms with E-state index in [1.165, 1.54) is 34.8 Å². The van der Waals surface area contributed by atoms with Gasteiger partial charge in [0, 0.05) is 57.1 Å². The number of pyridine rings is 1. The predicted molar refractivity (Wildman–Crippen MR) is 144 cm³/mol. The Morgan fingerprint density at radius 3 is 2.16 bits per heavy atom. The number of likely N-dealkylation sites (tertiary alicyclic amines) is 1. The summed E-state index contributed by atoms with van der Waals surface area (Å²) in [6.45, 7) is 1.69. The Hall–Kier alpha value is -2.64. The lowest BCUT2D eigenvalue weighted by molar-refractivity contribution is 0.149. The third kappa shape index (κ3) is 6.67. The van der Waals surface area contributed by atoms with Gasteiger partial charge in [0.2, 0.25) is 10.0 Å². The normalized spacial score (nSPS) is 16.1. The van der Waals surface area contributed by atoms with Crippen molar-refractivity contribution >= 4 is 29.7 Å². The monoisotopic (exact) mass is 577 g/mol. The fourth-order valence-electron chi connectivity index (χ4n) is 4.69. The number of nitrogens with zero attached hydrogens (tertiary/aromatic N) is 3. The number of hydrogen-bond acceptors (Lipinski definition) is 8. The first-order valence-corrected chi connectivity index (χ1v) is 17.3. The summed E-state index contributed by atoms with van der Waals surface area (Å²) in [5.41, 5.74) is 1.44. The summed E-state index contributed by atoms with van der Waals surface area (Å²) in [6, 6.07) is 15.6. The maximum absolute atomic E-state index is 13.9. The molecule has 12 heteroatoms. The molecule has 1 fully saturated rings. The number of rotatable bonds is 9. The van der Waals surface area contributed by atoms with Crippen molar-refractivity contribution in [3.63, 3.8) is 0 Å². The van der Waals surface area contributed by atoms with Crippen LogP contribution < -0.4 is 0 Å². The Labute approximate surface area is 225 Å². The molecule has 9 nitrogen and oxygen atoms in total. The molecule has 0 N–H and O–H groups in total. The van der Waals surface area contributed by atoms with Gasteiger partial charge in [0.1, 0.15) is 0 Å². The molecule has 0 unspecified atom stereocenters. The van der Waals surface area contributed by atoms with Gasteiger partial charge >= 0.3 is 0 Å². The van der Waals surface area contributed by atoms with Crippen LogP contribution in [0.15, 0.2) is 87.7 Å². The number of sulfone groups is 2. The summed E-state index contributed by atoms with van der Waals surface area (Å²) >= 11 is 0. The molecule has 1 aliphatic heterocycles. The van der Waals surface area contributed by atoms with Crippen LogP contribution >= 0.6 is 0 Å². The van der Waals surface area contributed by atoms with Gasteiger partial charge in [0.05, 0.1) is 14.7 Å². The second-order valence-corrected chi connectivity index (χ2v) is 15.4. The van der Waals surface area contributed by atoms with Crippen LogP contribution in [0.1, 0.15) is 24.0 Å². The summed E-state index contributed by atoms with van der Waals surface area (Å²) in [5.74, 6) is 0. The van der Waals surface area contributed by atoms with Crippen molar-refractivity contribution in [3.05, 3.63) is 84.2 Å². The van der Waals surface area contributed by atoms with Crippen molar-refractivity contribution in [2.24, 2.45) is 0 Å². The number of piperidine rings is 1. The molecule has 3 aromatic rings. The highest BCUT2D eigenvalue weighted by Crippen LogP contribution is 2.29. The summed E-state index contributed by atoms with van der Waals surface area (Å²) in [6.07, 6.45) is 6.54. The molecule has 2 aromatic carbocycles. The van der Waals surface area contributed by atoms with Gasteiger partial charge in [-0.1, -0.05) is 30.3 Å². The summed E-state index contributed by atoms with van der Waals surface area (Å²) in [5, 5.41) is 0. The molecule has 204 valence electrons. The smallest absolute Gasteiger partial charge is 0.243 e. The molecule has 0 bridgehead atoms. The fraction of sp³-hybridized carbons (Fsp3) is 0.346. The first-order valence-electron chi connectivity index (χ1n) is 12.1. The lowest BCUT2D eigenvalue weighted by Gasteiger charge is -2.38. The molecule has 1 aliphatic rings. The SMILES string of the molecule is CS(=O)(=O)c1cccc(S(=O)(=O)N(Cc2cccnc2)C2CCN(Cc3ccccc3S(C)(=O)=O)CC2)c1. The van der Waals surface area contributed by atoms with Crippen LogP contribution in [0.3, 0.4) is 0 Å². The summed E-state index contributed by atoms with van der Waals surface area (Å²) in [4.78, 5) is 6.41. The van der Waals surface area contributed by atoms with Crippen molar-refractivity contribution in [2.45, 2.75) is 46.7 Å². The van der Waals surface area contributed by atoms with Gasteiger partial charge < -0.3 is 0 Å². The van der Waals surface area contributed by atoms with E-state index in [1.54, 1.807) is 42.7 Å². The van der Waals surface area contributed by atoms with E-state index in [9.17, 15) is 25.3 Å². The molecular weight excluding hydrogens is 547 g/mol. The van der Waals surface area contributed by atoms with Gasteiger partial charge in [-0.3, -0.25) is 9.88 Å². The topological polar surface area (TPSA) is 122 Å². The molecule has 1 aromatic heterocycles. The van der Waals surface area contributed by atoms with Crippen LogP contribution in [0.2, 0.25) is 0 Å². The molecule has 38 heavy (non-hydrogen) atoms. The van der Waals surface area contributed by atoms with E-state index >= 15 is 0 Å². The van der Waals surface area contributed by atoms with Crippen LogP contribution in [0.25, 0.3) is 0 Å². The zero-order chi connectivity index (χ0) is 27.6. The molecule has 4 rings (SSSR count). The third-order valence-electron chi connectivity index (χ3n) is 6.63. The molecule has 0 amide bonds. The van der Waals surface area contributed by atoms with Crippen molar-refractivity contribution in [2.75, 3.05) is 25.6 Å². The molecule has 1 saturated heterocycles. The minimum absolute atomic E-state index is 0.0562. The van der Waals surface area contributed by atoms with E-state index in [-0.39, 0.29) is 22.4 Å². The summed E-state index contributed by atoms with van der Waals surface area (Å²) < 4.78 is 77.8. The highest BCUT2D eigenvalue weighted by molar-refractivity contribution is 7.91. The van der Waals surface area contributed by atoms with Gasteiger partial charge in [-0.15, -0.1) is 0 Å². The van der Waals surface area contributed by atoms with Gasteiger partial charge in [0.15, 0.2) is 19.7 Å². The van der Waals surface area contributed by atoms with Crippen LogP contribution in [0.5, 0.6) is 0 Å². The van der Waals surface area contributed by atoms with E-state index in [2.05, 4.69) is 9.88 Å². The molecule has 0 aliphatic carbocycles. The zero-order valence-corrected chi connectivity index (χ0v) is 23.7. The molecule has 2 heterocycles. The third-order valence-corrected chi connectivity index (χ3v) is 10.8. The standard InChI is InChI=1S/C26H31N3O6S3/c1-36(30,31)24-9-5-10-25(17-24)38(34,35)29(19-21-7-6-14-27-18-21)23-12-15-28(16-13-23)20-22-8-3-4-11-26(22)37(2,32)33/h3-11,14,17-18,23H,12-13,15-16,19-20H2,1-2H3. The second-order valence-electron chi connectivity index (χ2n) is 9.55. The van der Waals surface area contributed by atoms with Crippen LogP contribution in [-0.2, 0) is 42.8 Å². The average molecular weight is 578 g/mol. The van der Waals surface area contributed by atoms with Crippen molar-refractivity contribution in [1.82, 2.24) is 14.2 Å². The molecule has 0 saturated carbocycles. The first-order chi connectivity index (χ1) is 17.9. The minimum Gasteiger partial charge on any atom is -0.299 e. The van der Waals surface area contributed by atoms with Crippen LogP contribution in [0.4, 0.5) is 0 Å². The van der Waals surface area contributed by atoms with E-state index in [0.717, 1.165) is 11.8 Å². The molecular formula is C26H31N3O6S3. The number of sulfonamides is 1. The van der Waals surface area contributed by atoms with E-state index in [0.29, 0.717) is 42.9 Å². The van der Waals surface area contributed by atoms with Crippen LogP contribution in [-0.4, -0.2) is 71.1 Å². The van der Waals surface area contributed by atoms with Crippen LogP contribution in [0, 0.1) is 0 Å². The van der Waals surface area contributed by atoms with Gasteiger partial charge in [-0.2, -0.15) is 4.31 Å². The maximum atomic E-state index is 13.9. The second kappa shape index (κ2) is 11.2. The Morgan fingerprint density at radius 2 is 1.53 bits per heavy atom. The van der Waals surface area contributed by atoms with Crippen molar-refractivity contribution in [3.8, 4) is 0 Å². The molecule has 0 spiro atoms. The Kier molecular flexibility index (Phi) is 8.38. The Morgan fingerprint density at radius 1 is 0.842 bits per heavy atom. The minimum atomic E-state index is -4.04. The quantitative estimate of drug-likeness (QED) is 0.381. The lowest BCUT2D eigenvalue weighted by atomic mass is 10.0. The van der Waals surface area contributed by atoms with Gasteiger partial charge in [-0.05, 0) is 54.3 Å². The lowest BCUT2D eigenvalue weighted by Crippen LogP contribution is -2.46. The first kappa shape index (κ1) is 28.4. The number of aromatic nitrogens is 1.